The molecule has 2 heterocycles. The van der Waals surface area contributed by atoms with Gasteiger partial charge in [0.2, 0.25) is 0 Å². The quantitative estimate of drug-likeness (QED) is 0.813. The van der Waals surface area contributed by atoms with Crippen LogP contribution in [-0.2, 0) is 12.8 Å². The lowest BCUT2D eigenvalue weighted by Gasteiger charge is -2.27. The largest absolute Gasteiger partial charge is 0.353 e. The van der Waals surface area contributed by atoms with Crippen LogP contribution in [0.4, 0.5) is 5.00 Å². The minimum Gasteiger partial charge on any atom is -0.353 e. The van der Waals surface area contributed by atoms with E-state index in [4.69, 9.17) is 11.6 Å². The topological polar surface area (TPSA) is 41.1 Å². The number of fused-ring (bicyclic) bond motifs is 3. The lowest BCUT2D eigenvalue weighted by molar-refractivity contribution is 0.0935. The smallest absolute Gasteiger partial charge is 0.256 e. The molecule has 0 unspecified atom stereocenters. The SMILES string of the molecule is C[C@@H]1CCc2c(sc3c2C(=O)N[C@H](c2cccc(Cl)c2)N3)C1. The molecule has 2 aromatic rings. The van der Waals surface area contributed by atoms with Crippen LogP contribution >= 0.6 is 22.9 Å². The highest BCUT2D eigenvalue weighted by atomic mass is 35.5. The molecule has 0 saturated heterocycles. The van der Waals surface area contributed by atoms with E-state index in [1.807, 2.05) is 24.3 Å². The Kier molecular flexibility index (Phi) is 3.39. The van der Waals surface area contributed by atoms with E-state index in [0.717, 1.165) is 29.0 Å². The highest BCUT2D eigenvalue weighted by Gasteiger charge is 2.33. The third-order valence-electron chi connectivity index (χ3n) is 4.47. The number of carbonyl (C=O) groups excluding carboxylic acids is 1. The summed E-state index contributed by atoms with van der Waals surface area (Å²) in [4.78, 5) is 14.0. The molecular formula is C17H17ClN2OS. The van der Waals surface area contributed by atoms with E-state index >= 15 is 0 Å². The van der Waals surface area contributed by atoms with Gasteiger partial charge in [-0.2, -0.15) is 0 Å². The molecule has 114 valence electrons. The minimum absolute atomic E-state index is 0.0331. The maximum Gasteiger partial charge on any atom is 0.256 e. The second kappa shape index (κ2) is 5.28. The molecule has 2 aliphatic rings. The van der Waals surface area contributed by atoms with Crippen molar-refractivity contribution in [3.63, 3.8) is 0 Å². The molecule has 1 aromatic heterocycles. The Morgan fingerprint density at radius 1 is 1.32 bits per heavy atom. The maximum absolute atomic E-state index is 12.6. The lowest BCUT2D eigenvalue weighted by Crippen LogP contribution is -2.38. The zero-order valence-electron chi connectivity index (χ0n) is 12.3. The fourth-order valence-electron chi connectivity index (χ4n) is 3.32. The van der Waals surface area contributed by atoms with Gasteiger partial charge in [-0.3, -0.25) is 4.79 Å². The highest BCUT2D eigenvalue weighted by Crippen LogP contribution is 2.42. The number of thiophene rings is 1. The molecule has 0 saturated carbocycles. The normalized spacial score (nSPS) is 23.3. The van der Waals surface area contributed by atoms with E-state index in [0.29, 0.717) is 10.9 Å². The van der Waals surface area contributed by atoms with Crippen LogP contribution in [0.3, 0.4) is 0 Å². The van der Waals surface area contributed by atoms with Gasteiger partial charge in [-0.25, -0.2) is 0 Å². The Hall–Kier alpha value is -1.52. The molecule has 5 heteroatoms. The number of carbonyl (C=O) groups is 1. The second-order valence-electron chi connectivity index (χ2n) is 6.16. The monoisotopic (exact) mass is 332 g/mol. The number of amides is 1. The van der Waals surface area contributed by atoms with Crippen molar-refractivity contribution in [1.29, 1.82) is 0 Å². The van der Waals surface area contributed by atoms with Crippen molar-refractivity contribution in [2.75, 3.05) is 5.32 Å². The van der Waals surface area contributed by atoms with Crippen molar-refractivity contribution in [2.45, 2.75) is 32.4 Å². The Balaban J connectivity index is 1.71. The van der Waals surface area contributed by atoms with E-state index in [2.05, 4.69) is 17.6 Å². The van der Waals surface area contributed by atoms with Gasteiger partial charge in [-0.05, 0) is 48.4 Å². The summed E-state index contributed by atoms with van der Waals surface area (Å²) in [6.07, 6.45) is 3.06. The number of rotatable bonds is 1. The van der Waals surface area contributed by atoms with Crippen molar-refractivity contribution in [3.05, 3.63) is 50.9 Å². The van der Waals surface area contributed by atoms with Gasteiger partial charge in [0.1, 0.15) is 11.2 Å². The lowest BCUT2D eigenvalue weighted by atomic mass is 9.88. The fourth-order valence-corrected chi connectivity index (χ4v) is 4.95. The molecule has 1 aliphatic heterocycles. The molecular weight excluding hydrogens is 316 g/mol. The molecule has 1 amide bonds. The average molecular weight is 333 g/mol. The van der Waals surface area contributed by atoms with Gasteiger partial charge in [0, 0.05) is 9.90 Å². The molecule has 3 nitrogen and oxygen atoms in total. The summed E-state index contributed by atoms with van der Waals surface area (Å²) in [5.74, 6) is 0.741. The van der Waals surface area contributed by atoms with Gasteiger partial charge < -0.3 is 10.6 Å². The van der Waals surface area contributed by atoms with Crippen molar-refractivity contribution >= 4 is 33.8 Å². The van der Waals surface area contributed by atoms with Crippen LogP contribution in [0.2, 0.25) is 5.02 Å². The molecule has 0 fully saturated rings. The third kappa shape index (κ3) is 2.31. The maximum atomic E-state index is 12.6. The fraction of sp³-hybridized carbons (Fsp3) is 0.353. The number of nitrogens with one attached hydrogen (secondary N) is 2. The molecule has 1 aromatic carbocycles. The van der Waals surface area contributed by atoms with Crippen LogP contribution in [0.25, 0.3) is 0 Å². The molecule has 0 spiro atoms. The number of hydrogen-bond acceptors (Lipinski definition) is 3. The van der Waals surface area contributed by atoms with Crippen molar-refractivity contribution < 1.29 is 4.79 Å². The first kappa shape index (κ1) is 14.1. The summed E-state index contributed by atoms with van der Waals surface area (Å²) < 4.78 is 0. The van der Waals surface area contributed by atoms with Crippen LogP contribution in [-0.4, -0.2) is 5.91 Å². The van der Waals surface area contributed by atoms with E-state index in [-0.39, 0.29) is 12.1 Å². The minimum atomic E-state index is -0.212. The van der Waals surface area contributed by atoms with E-state index in [9.17, 15) is 4.79 Å². The predicted molar refractivity (Wildman–Crippen MR) is 90.8 cm³/mol. The van der Waals surface area contributed by atoms with E-state index in [1.165, 1.54) is 16.9 Å². The summed E-state index contributed by atoms with van der Waals surface area (Å²) in [7, 11) is 0. The molecule has 1 aliphatic carbocycles. The summed E-state index contributed by atoms with van der Waals surface area (Å²) in [6, 6.07) is 7.61. The van der Waals surface area contributed by atoms with Gasteiger partial charge in [-0.15, -0.1) is 11.3 Å². The van der Waals surface area contributed by atoms with Crippen LogP contribution in [0.5, 0.6) is 0 Å². The van der Waals surface area contributed by atoms with Gasteiger partial charge in [0.15, 0.2) is 0 Å². The average Bonchev–Trinajstić information content (AvgIpc) is 2.84. The van der Waals surface area contributed by atoms with E-state index < -0.39 is 0 Å². The standard InChI is InChI=1S/C17H17ClN2OS/c1-9-5-6-12-13(7-9)22-17-14(12)16(21)19-15(20-17)10-3-2-4-11(18)8-10/h2-4,8-9,15,20H,5-7H2,1H3,(H,19,21)/t9-,15+/m1/s1. The summed E-state index contributed by atoms with van der Waals surface area (Å²) >= 11 is 7.80. The van der Waals surface area contributed by atoms with Crippen molar-refractivity contribution in [3.8, 4) is 0 Å². The van der Waals surface area contributed by atoms with Crippen LogP contribution in [0, 0.1) is 5.92 Å². The number of hydrogen-bond donors (Lipinski definition) is 2. The van der Waals surface area contributed by atoms with Gasteiger partial charge in [0.05, 0.1) is 5.56 Å². The molecule has 2 atom stereocenters. The first-order valence-corrected chi connectivity index (χ1v) is 8.78. The Morgan fingerprint density at radius 2 is 2.18 bits per heavy atom. The molecule has 0 bridgehead atoms. The Labute approximate surface area is 138 Å². The van der Waals surface area contributed by atoms with Crippen LogP contribution < -0.4 is 10.6 Å². The van der Waals surface area contributed by atoms with Gasteiger partial charge >= 0.3 is 0 Å². The first-order valence-electron chi connectivity index (χ1n) is 7.59. The number of halogens is 1. The summed E-state index contributed by atoms with van der Waals surface area (Å²) in [6.45, 7) is 2.28. The zero-order chi connectivity index (χ0) is 15.3. The van der Waals surface area contributed by atoms with E-state index in [1.54, 1.807) is 11.3 Å². The van der Waals surface area contributed by atoms with Crippen molar-refractivity contribution in [2.24, 2.45) is 5.92 Å². The predicted octanol–water partition coefficient (Wildman–Crippen LogP) is 4.38. The molecule has 0 radical (unpaired) electrons. The first-order chi connectivity index (χ1) is 10.6. The molecule has 4 rings (SSSR count). The summed E-state index contributed by atoms with van der Waals surface area (Å²) in [5, 5.41) is 8.22. The van der Waals surface area contributed by atoms with Gasteiger partial charge in [0.25, 0.3) is 5.91 Å². The third-order valence-corrected chi connectivity index (χ3v) is 5.89. The zero-order valence-corrected chi connectivity index (χ0v) is 13.9. The van der Waals surface area contributed by atoms with Gasteiger partial charge in [-0.1, -0.05) is 30.7 Å². The molecule has 2 N–H and O–H groups in total. The van der Waals surface area contributed by atoms with Crippen LogP contribution in [0.15, 0.2) is 24.3 Å². The number of anilines is 1. The Bertz CT molecular complexity index is 755. The number of benzene rings is 1. The van der Waals surface area contributed by atoms with Crippen LogP contribution in [0.1, 0.15) is 45.9 Å². The second-order valence-corrected chi connectivity index (χ2v) is 7.70. The molecule has 22 heavy (non-hydrogen) atoms. The Morgan fingerprint density at radius 3 is 3.00 bits per heavy atom. The van der Waals surface area contributed by atoms with Crippen molar-refractivity contribution in [1.82, 2.24) is 5.32 Å². The summed E-state index contributed by atoms with van der Waals surface area (Å²) in [5.41, 5.74) is 3.10. The highest BCUT2D eigenvalue weighted by molar-refractivity contribution is 7.16.